The summed E-state index contributed by atoms with van der Waals surface area (Å²) in [6.45, 7) is 7.00. The molecule has 3 heteroatoms. The summed E-state index contributed by atoms with van der Waals surface area (Å²) in [6, 6.07) is 23.4. The Labute approximate surface area is 164 Å². The Morgan fingerprint density at radius 2 is 1.26 bits per heavy atom. The van der Waals surface area contributed by atoms with E-state index in [0.717, 1.165) is 19.1 Å². The second-order valence-electron chi connectivity index (χ2n) is 8.12. The van der Waals surface area contributed by atoms with Gasteiger partial charge < -0.3 is 10.2 Å². The lowest BCUT2D eigenvalue weighted by molar-refractivity contribution is 0.0652. The van der Waals surface area contributed by atoms with E-state index in [1.807, 2.05) is 0 Å². The van der Waals surface area contributed by atoms with E-state index in [9.17, 15) is 0 Å². The maximum Gasteiger partial charge on any atom is 0.0240 e. The van der Waals surface area contributed by atoms with Crippen LogP contribution in [-0.4, -0.2) is 48.1 Å². The lowest BCUT2D eigenvalue weighted by Gasteiger charge is -2.42. The first kappa shape index (κ1) is 18.7. The minimum Gasteiger partial charge on any atom is -0.317 e. The van der Waals surface area contributed by atoms with Gasteiger partial charge in [-0.15, -0.1) is 0 Å². The predicted octanol–water partition coefficient (Wildman–Crippen LogP) is 3.91. The molecule has 3 nitrogen and oxygen atoms in total. The molecule has 2 heterocycles. The Hall–Kier alpha value is -1.68. The molecule has 0 radical (unpaired) electrons. The van der Waals surface area contributed by atoms with E-state index in [0.29, 0.717) is 6.04 Å². The highest BCUT2D eigenvalue weighted by atomic mass is 15.2. The molecule has 144 valence electrons. The van der Waals surface area contributed by atoms with E-state index in [1.54, 1.807) is 0 Å². The van der Waals surface area contributed by atoms with Gasteiger partial charge in [0, 0.05) is 25.2 Å². The van der Waals surface area contributed by atoms with E-state index >= 15 is 0 Å². The third-order valence-corrected chi connectivity index (χ3v) is 6.30. The maximum atomic E-state index is 3.50. The molecule has 0 saturated carbocycles. The van der Waals surface area contributed by atoms with Crippen LogP contribution in [0.3, 0.4) is 0 Å². The van der Waals surface area contributed by atoms with Crippen LogP contribution in [0.25, 0.3) is 0 Å². The number of piperidine rings is 2. The lowest BCUT2D eigenvalue weighted by atomic mass is 9.97. The van der Waals surface area contributed by atoms with E-state index in [4.69, 9.17) is 0 Å². The minimum atomic E-state index is 0.684. The molecule has 2 aromatic rings. The van der Waals surface area contributed by atoms with Crippen LogP contribution in [0.15, 0.2) is 60.7 Å². The molecule has 27 heavy (non-hydrogen) atoms. The van der Waals surface area contributed by atoms with Crippen molar-refractivity contribution < 1.29 is 0 Å². The van der Waals surface area contributed by atoms with Gasteiger partial charge in [-0.1, -0.05) is 60.7 Å². The molecular formula is C24H33N3. The first-order chi connectivity index (χ1) is 13.4. The van der Waals surface area contributed by atoms with Crippen LogP contribution >= 0.6 is 0 Å². The molecule has 0 aromatic heterocycles. The molecule has 2 aliphatic heterocycles. The van der Waals surface area contributed by atoms with Crippen LogP contribution < -0.4 is 5.32 Å². The van der Waals surface area contributed by atoms with Crippen molar-refractivity contribution in [1.29, 1.82) is 0 Å². The van der Waals surface area contributed by atoms with Crippen molar-refractivity contribution in [3.63, 3.8) is 0 Å². The maximum absolute atomic E-state index is 3.50. The third-order valence-electron chi connectivity index (χ3n) is 6.30. The van der Waals surface area contributed by atoms with Crippen molar-refractivity contribution >= 4 is 0 Å². The number of rotatable bonds is 6. The average Bonchev–Trinajstić information content (AvgIpc) is 2.76. The predicted molar refractivity (Wildman–Crippen MR) is 113 cm³/mol. The summed E-state index contributed by atoms with van der Waals surface area (Å²) in [4.78, 5) is 5.48. The molecule has 2 aromatic carbocycles. The van der Waals surface area contributed by atoms with Crippen molar-refractivity contribution in [2.75, 3.05) is 26.2 Å². The van der Waals surface area contributed by atoms with Gasteiger partial charge in [-0.05, 0) is 63.0 Å². The van der Waals surface area contributed by atoms with Gasteiger partial charge in [-0.3, -0.25) is 4.90 Å². The second-order valence-corrected chi connectivity index (χ2v) is 8.12. The number of benzene rings is 2. The summed E-state index contributed by atoms with van der Waals surface area (Å²) in [5, 5.41) is 3.50. The summed E-state index contributed by atoms with van der Waals surface area (Å²) in [5.41, 5.74) is 2.85. The van der Waals surface area contributed by atoms with Gasteiger partial charge in [-0.25, -0.2) is 0 Å². The van der Waals surface area contributed by atoms with Crippen molar-refractivity contribution in [3.05, 3.63) is 71.8 Å². The van der Waals surface area contributed by atoms with Crippen molar-refractivity contribution in [1.82, 2.24) is 15.1 Å². The summed E-state index contributed by atoms with van der Waals surface area (Å²) >= 11 is 0. The van der Waals surface area contributed by atoms with E-state index < -0.39 is 0 Å². The minimum absolute atomic E-state index is 0.684. The zero-order valence-corrected chi connectivity index (χ0v) is 16.4. The van der Waals surface area contributed by atoms with Crippen LogP contribution in [-0.2, 0) is 13.1 Å². The highest BCUT2D eigenvalue weighted by Crippen LogP contribution is 2.24. The molecule has 0 bridgehead atoms. The van der Waals surface area contributed by atoms with Crippen LogP contribution in [0.2, 0.25) is 0 Å². The lowest BCUT2D eigenvalue weighted by Crippen LogP contribution is -2.50. The van der Waals surface area contributed by atoms with Gasteiger partial charge in [-0.2, -0.15) is 0 Å². The molecule has 2 saturated heterocycles. The molecule has 4 rings (SSSR count). The van der Waals surface area contributed by atoms with Gasteiger partial charge in [0.05, 0.1) is 0 Å². The number of nitrogens with zero attached hydrogens (tertiary/aromatic N) is 2. The average molecular weight is 364 g/mol. The first-order valence-corrected chi connectivity index (χ1v) is 10.6. The monoisotopic (exact) mass is 363 g/mol. The SMILES string of the molecule is c1ccc(CN(Cc2ccccc2)C2CCN(C3CCNCC3)CC2)cc1. The van der Waals surface area contributed by atoms with Gasteiger partial charge in [0.1, 0.15) is 0 Å². The molecule has 0 amide bonds. The highest BCUT2D eigenvalue weighted by Gasteiger charge is 2.29. The quantitative estimate of drug-likeness (QED) is 0.840. The van der Waals surface area contributed by atoms with Crippen LogP contribution in [0, 0.1) is 0 Å². The number of hydrogen-bond acceptors (Lipinski definition) is 3. The topological polar surface area (TPSA) is 18.5 Å². The van der Waals surface area contributed by atoms with E-state index in [2.05, 4.69) is 75.8 Å². The highest BCUT2D eigenvalue weighted by molar-refractivity contribution is 5.17. The van der Waals surface area contributed by atoms with Crippen LogP contribution in [0.5, 0.6) is 0 Å². The summed E-state index contributed by atoms with van der Waals surface area (Å²) in [5.74, 6) is 0. The second kappa shape index (κ2) is 9.50. The Kier molecular flexibility index (Phi) is 6.57. The van der Waals surface area contributed by atoms with E-state index in [-0.39, 0.29) is 0 Å². The van der Waals surface area contributed by atoms with Gasteiger partial charge in [0.2, 0.25) is 0 Å². The Morgan fingerprint density at radius 1 is 0.741 bits per heavy atom. The third kappa shape index (κ3) is 5.19. The van der Waals surface area contributed by atoms with Crippen molar-refractivity contribution in [2.45, 2.75) is 50.9 Å². The Morgan fingerprint density at radius 3 is 1.78 bits per heavy atom. The summed E-state index contributed by atoms with van der Waals surface area (Å²) in [6.07, 6.45) is 5.23. The van der Waals surface area contributed by atoms with Crippen molar-refractivity contribution in [3.8, 4) is 0 Å². The van der Waals surface area contributed by atoms with Gasteiger partial charge >= 0.3 is 0 Å². The van der Waals surface area contributed by atoms with Crippen molar-refractivity contribution in [2.24, 2.45) is 0 Å². The number of nitrogens with one attached hydrogen (secondary N) is 1. The zero-order valence-electron chi connectivity index (χ0n) is 16.4. The molecule has 1 N–H and O–H groups in total. The molecule has 2 fully saturated rings. The first-order valence-electron chi connectivity index (χ1n) is 10.6. The normalized spacial score (nSPS) is 20.2. The summed E-state index contributed by atoms with van der Waals surface area (Å²) in [7, 11) is 0. The molecule has 0 spiro atoms. The van der Waals surface area contributed by atoms with Gasteiger partial charge in [0.25, 0.3) is 0 Å². The van der Waals surface area contributed by atoms with Crippen LogP contribution in [0.4, 0.5) is 0 Å². The molecule has 0 aliphatic carbocycles. The zero-order chi connectivity index (χ0) is 18.3. The largest absolute Gasteiger partial charge is 0.317 e. The Balaban J connectivity index is 1.40. The molecule has 0 unspecified atom stereocenters. The summed E-state index contributed by atoms with van der Waals surface area (Å²) < 4.78 is 0. The molecule has 0 atom stereocenters. The fourth-order valence-corrected chi connectivity index (χ4v) is 4.74. The fourth-order valence-electron chi connectivity index (χ4n) is 4.74. The molecule has 2 aliphatic rings. The smallest absolute Gasteiger partial charge is 0.0240 e. The fraction of sp³-hybridized carbons (Fsp3) is 0.500. The molecular weight excluding hydrogens is 330 g/mol. The van der Waals surface area contributed by atoms with Gasteiger partial charge in [0.15, 0.2) is 0 Å². The number of likely N-dealkylation sites (tertiary alicyclic amines) is 1. The van der Waals surface area contributed by atoms with Crippen LogP contribution in [0.1, 0.15) is 36.8 Å². The Bertz CT molecular complexity index is 617. The standard InChI is InChI=1S/C24H33N3/c1-3-7-21(8-4-1)19-27(20-22-9-5-2-6-10-22)24-13-17-26(18-14-24)23-11-15-25-16-12-23/h1-10,23-25H,11-20H2. The van der Waals surface area contributed by atoms with E-state index in [1.165, 1.54) is 63.0 Å². The number of hydrogen-bond donors (Lipinski definition) is 1.